The second-order valence-electron chi connectivity index (χ2n) is 5.23. The number of amides is 2. The van der Waals surface area contributed by atoms with Crippen LogP contribution in [0, 0.1) is 26.7 Å². The molecule has 0 saturated heterocycles. The second kappa shape index (κ2) is 7.14. The predicted molar refractivity (Wildman–Crippen MR) is 78.5 cm³/mol. The van der Waals surface area contributed by atoms with Gasteiger partial charge in [0.2, 0.25) is 0 Å². The summed E-state index contributed by atoms with van der Waals surface area (Å²) in [5.41, 5.74) is 4.20. The molecule has 0 aliphatic rings. The van der Waals surface area contributed by atoms with Gasteiger partial charge in [0.25, 0.3) is 0 Å². The summed E-state index contributed by atoms with van der Waals surface area (Å²) in [6.07, 6.45) is 0.697. The molecular weight excluding hydrogens is 240 g/mol. The van der Waals surface area contributed by atoms with Crippen molar-refractivity contribution in [2.75, 3.05) is 18.5 Å². The van der Waals surface area contributed by atoms with Gasteiger partial charge in [0.05, 0.1) is 0 Å². The Kier molecular flexibility index (Phi) is 5.83. The lowest BCUT2D eigenvalue weighted by Gasteiger charge is -2.15. The van der Waals surface area contributed by atoms with Gasteiger partial charge in [-0.2, -0.15) is 0 Å². The highest BCUT2D eigenvalue weighted by molar-refractivity contribution is 5.91. The fraction of sp³-hybridized carbons (Fsp3) is 0.533. The van der Waals surface area contributed by atoms with Crippen LogP contribution in [0.4, 0.5) is 10.5 Å². The number of carbonyl (C=O) groups is 1. The fourth-order valence-electron chi connectivity index (χ4n) is 2.12. The minimum atomic E-state index is -0.195. The standard InChI is InChI=1S/C15H24N2O2/c1-10(5-6-18)9-16-15(19)17-14-12(3)7-11(2)8-13(14)4/h7-8,10,18H,5-6,9H2,1-4H3,(H2,16,17,19). The van der Waals surface area contributed by atoms with E-state index in [2.05, 4.69) is 22.8 Å². The van der Waals surface area contributed by atoms with Crippen molar-refractivity contribution in [2.24, 2.45) is 5.92 Å². The van der Waals surface area contributed by atoms with Gasteiger partial charge in [-0.1, -0.05) is 24.6 Å². The first-order valence-corrected chi connectivity index (χ1v) is 6.67. The molecule has 4 heteroatoms. The molecule has 1 atom stereocenters. The zero-order chi connectivity index (χ0) is 14.4. The average Bonchev–Trinajstić information content (AvgIpc) is 2.31. The Morgan fingerprint density at radius 1 is 1.26 bits per heavy atom. The van der Waals surface area contributed by atoms with Gasteiger partial charge in [0, 0.05) is 18.8 Å². The number of aliphatic hydroxyl groups is 1. The molecule has 1 aromatic rings. The first-order valence-electron chi connectivity index (χ1n) is 6.67. The quantitative estimate of drug-likeness (QED) is 0.765. The topological polar surface area (TPSA) is 61.4 Å². The van der Waals surface area contributed by atoms with E-state index in [1.54, 1.807) is 0 Å². The van der Waals surface area contributed by atoms with Crippen molar-refractivity contribution in [1.29, 1.82) is 0 Å². The third-order valence-corrected chi connectivity index (χ3v) is 3.15. The van der Waals surface area contributed by atoms with E-state index in [-0.39, 0.29) is 18.6 Å². The first kappa shape index (κ1) is 15.5. The van der Waals surface area contributed by atoms with Gasteiger partial charge in [-0.3, -0.25) is 0 Å². The van der Waals surface area contributed by atoms with Crippen LogP contribution in [0.2, 0.25) is 0 Å². The molecule has 106 valence electrons. The molecule has 1 aromatic carbocycles. The summed E-state index contributed by atoms with van der Waals surface area (Å²) >= 11 is 0. The van der Waals surface area contributed by atoms with Crippen molar-refractivity contribution in [2.45, 2.75) is 34.1 Å². The number of aliphatic hydroxyl groups excluding tert-OH is 1. The highest BCUT2D eigenvalue weighted by Crippen LogP contribution is 2.21. The largest absolute Gasteiger partial charge is 0.396 e. The third-order valence-electron chi connectivity index (χ3n) is 3.15. The second-order valence-corrected chi connectivity index (χ2v) is 5.23. The molecule has 2 amide bonds. The number of benzene rings is 1. The van der Waals surface area contributed by atoms with Crippen LogP contribution in [0.15, 0.2) is 12.1 Å². The number of aryl methyl sites for hydroxylation is 3. The number of hydrogen-bond acceptors (Lipinski definition) is 2. The van der Waals surface area contributed by atoms with E-state index in [4.69, 9.17) is 5.11 Å². The lowest BCUT2D eigenvalue weighted by Crippen LogP contribution is -2.33. The molecule has 1 unspecified atom stereocenters. The molecule has 4 nitrogen and oxygen atoms in total. The van der Waals surface area contributed by atoms with Crippen LogP contribution in [0.25, 0.3) is 0 Å². The maximum absolute atomic E-state index is 11.8. The molecule has 0 spiro atoms. The van der Waals surface area contributed by atoms with E-state index in [1.165, 1.54) is 5.56 Å². The lowest BCUT2D eigenvalue weighted by atomic mass is 10.1. The molecule has 0 aliphatic heterocycles. The van der Waals surface area contributed by atoms with Crippen molar-refractivity contribution in [3.63, 3.8) is 0 Å². The molecule has 3 N–H and O–H groups in total. The van der Waals surface area contributed by atoms with Crippen LogP contribution in [0.5, 0.6) is 0 Å². The summed E-state index contributed by atoms with van der Waals surface area (Å²) in [5, 5.41) is 14.5. The fourth-order valence-corrected chi connectivity index (χ4v) is 2.12. The molecule has 0 bridgehead atoms. The molecular formula is C15H24N2O2. The van der Waals surface area contributed by atoms with E-state index in [9.17, 15) is 4.79 Å². The SMILES string of the molecule is Cc1cc(C)c(NC(=O)NCC(C)CCO)c(C)c1. The molecule has 0 fully saturated rings. The van der Waals surface area contributed by atoms with Gasteiger partial charge in [-0.15, -0.1) is 0 Å². The van der Waals surface area contributed by atoms with Gasteiger partial charge >= 0.3 is 6.03 Å². The smallest absolute Gasteiger partial charge is 0.319 e. The van der Waals surface area contributed by atoms with Crippen molar-refractivity contribution >= 4 is 11.7 Å². The lowest BCUT2D eigenvalue weighted by molar-refractivity contribution is 0.243. The van der Waals surface area contributed by atoms with Gasteiger partial charge in [0.1, 0.15) is 0 Å². The maximum Gasteiger partial charge on any atom is 0.319 e. The van der Waals surface area contributed by atoms with Crippen LogP contribution >= 0.6 is 0 Å². The highest BCUT2D eigenvalue weighted by atomic mass is 16.3. The number of nitrogens with one attached hydrogen (secondary N) is 2. The van der Waals surface area contributed by atoms with Crippen molar-refractivity contribution in [1.82, 2.24) is 5.32 Å². The maximum atomic E-state index is 11.8. The van der Waals surface area contributed by atoms with E-state index >= 15 is 0 Å². The van der Waals surface area contributed by atoms with Gasteiger partial charge in [-0.05, 0) is 44.2 Å². The Morgan fingerprint density at radius 2 is 1.84 bits per heavy atom. The molecule has 1 rings (SSSR count). The van der Waals surface area contributed by atoms with Crippen molar-refractivity contribution in [3.05, 3.63) is 28.8 Å². The molecule has 0 heterocycles. The van der Waals surface area contributed by atoms with Crippen LogP contribution in [0.3, 0.4) is 0 Å². The number of carbonyl (C=O) groups excluding carboxylic acids is 1. The van der Waals surface area contributed by atoms with E-state index in [0.717, 1.165) is 16.8 Å². The van der Waals surface area contributed by atoms with E-state index in [0.29, 0.717) is 13.0 Å². The van der Waals surface area contributed by atoms with E-state index in [1.807, 2.05) is 27.7 Å². The van der Waals surface area contributed by atoms with Gasteiger partial charge in [-0.25, -0.2) is 4.79 Å². The number of urea groups is 1. The van der Waals surface area contributed by atoms with Gasteiger partial charge in [0.15, 0.2) is 0 Å². The summed E-state index contributed by atoms with van der Waals surface area (Å²) in [7, 11) is 0. The first-order chi connectivity index (χ1) is 8.93. The molecule has 0 aliphatic carbocycles. The van der Waals surface area contributed by atoms with Gasteiger partial charge < -0.3 is 15.7 Å². The Labute approximate surface area is 115 Å². The Balaban J connectivity index is 2.58. The van der Waals surface area contributed by atoms with Crippen LogP contribution in [-0.2, 0) is 0 Å². The minimum Gasteiger partial charge on any atom is -0.396 e. The monoisotopic (exact) mass is 264 g/mol. The summed E-state index contributed by atoms with van der Waals surface area (Å²) in [6.45, 7) is 8.74. The Hall–Kier alpha value is -1.55. The Morgan fingerprint density at radius 3 is 2.37 bits per heavy atom. The normalized spacial score (nSPS) is 12.1. The minimum absolute atomic E-state index is 0.153. The Bertz CT molecular complexity index is 421. The third kappa shape index (κ3) is 4.91. The number of hydrogen-bond donors (Lipinski definition) is 3. The van der Waals surface area contributed by atoms with Crippen molar-refractivity contribution in [3.8, 4) is 0 Å². The molecule has 0 aromatic heterocycles. The average molecular weight is 264 g/mol. The summed E-state index contributed by atoms with van der Waals surface area (Å²) < 4.78 is 0. The van der Waals surface area contributed by atoms with E-state index < -0.39 is 0 Å². The van der Waals surface area contributed by atoms with Crippen LogP contribution < -0.4 is 10.6 Å². The predicted octanol–water partition coefficient (Wildman–Crippen LogP) is 2.75. The van der Waals surface area contributed by atoms with Crippen LogP contribution in [0.1, 0.15) is 30.0 Å². The molecule has 0 saturated carbocycles. The van der Waals surface area contributed by atoms with Crippen molar-refractivity contribution < 1.29 is 9.90 Å². The number of rotatable bonds is 5. The highest BCUT2D eigenvalue weighted by Gasteiger charge is 2.09. The summed E-state index contributed by atoms with van der Waals surface area (Å²) in [4.78, 5) is 11.8. The van der Waals surface area contributed by atoms with Crippen LogP contribution in [-0.4, -0.2) is 24.3 Å². The molecule has 0 radical (unpaired) electrons. The summed E-state index contributed by atoms with van der Waals surface area (Å²) in [5.74, 6) is 0.274. The number of anilines is 1. The molecule has 19 heavy (non-hydrogen) atoms. The summed E-state index contributed by atoms with van der Waals surface area (Å²) in [6, 6.07) is 3.91. The zero-order valence-corrected chi connectivity index (χ0v) is 12.2. The zero-order valence-electron chi connectivity index (χ0n) is 12.2.